The minimum absolute atomic E-state index is 0.0342. The van der Waals surface area contributed by atoms with Crippen molar-refractivity contribution in [2.45, 2.75) is 57.1 Å². The van der Waals surface area contributed by atoms with E-state index in [1.54, 1.807) is 0 Å². The highest BCUT2D eigenvalue weighted by atomic mass is 16.7. The highest BCUT2D eigenvalue weighted by Gasteiger charge is 2.49. The van der Waals surface area contributed by atoms with Crippen molar-refractivity contribution in [1.29, 1.82) is 0 Å². The van der Waals surface area contributed by atoms with Gasteiger partial charge in [0.25, 0.3) is 0 Å². The van der Waals surface area contributed by atoms with Gasteiger partial charge in [-0.1, -0.05) is 121 Å². The first kappa shape index (κ1) is 31.5. The Morgan fingerprint density at radius 2 is 0.932 bits per heavy atom. The Labute approximate surface area is 258 Å². The van der Waals surface area contributed by atoms with Crippen molar-refractivity contribution in [3.63, 3.8) is 0 Å². The van der Waals surface area contributed by atoms with Crippen LogP contribution in [0.25, 0.3) is 0 Å². The van der Waals surface area contributed by atoms with E-state index in [1.165, 1.54) is 0 Å². The van der Waals surface area contributed by atoms with Crippen LogP contribution in [0.1, 0.15) is 22.3 Å². The minimum atomic E-state index is -1.07. The van der Waals surface area contributed by atoms with Crippen molar-refractivity contribution in [2.24, 2.45) is 0 Å². The van der Waals surface area contributed by atoms with Crippen LogP contribution in [0, 0.1) is 0 Å². The molecule has 0 aliphatic carbocycles. The summed E-state index contributed by atoms with van der Waals surface area (Å²) in [7, 11) is 0. The molecule has 4 aromatic carbocycles. The predicted octanol–water partition coefficient (Wildman–Crippen LogP) is 5.79. The van der Waals surface area contributed by atoms with Gasteiger partial charge in [0.15, 0.2) is 6.29 Å². The van der Waals surface area contributed by atoms with Crippen LogP contribution in [0.15, 0.2) is 121 Å². The maximum atomic E-state index is 11.3. The largest absolute Gasteiger partial charge is 0.480 e. The Morgan fingerprint density at radius 3 is 1.36 bits per heavy atom. The van der Waals surface area contributed by atoms with Gasteiger partial charge in [-0.05, 0) is 22.3 Å². The molecule has 1 N–H and O–H groups in total. The number of carbonyl (C=O) groups is 1. The molecule has 44 heavy (non-hydrogen) atoms. The summed E-state index contributed by atoms with van der Waals surface area (Å²) in [4.78, 5) is 11.3. The quantitative estimate of drug-likeness (QED) is 0.173. The summed E-state index contributed by atoms with van der Waals surface area (Å²) in [6, 6.07) is 39.4. The average molecular weight is 599 g/mol. The molecule has 0 aromatic heterocycles. The molecule has 8 heteroatoms. The standard InChI is InChI=1S/C36H38O8/c37-32(38)26-39-25-31-33(40-21-27-13-5-1-6-14-27)34(41-22-28-15-7-2-8-16-28)35(42-23-29-17-9-3-10-18-29)36(44-31)43-24-30-19-11-4-12-20-30/h1-20,31,33-36H,21-26H2,(H,37,38)/t31-,33-,34+,35-,36?/m1/s1. The second kappa shape index (κ2) is 16.8. The van der Waals surface area contributed by atoms with Crippen molar-refractivity contribution in [1.82, 2.24) is 0 Å². The van der Waals surface area contributed by atoms with Gasteiger partial charge >= 0.3 is 5.97 Å². The predicted molar refractivity (Wildman–Crippen MR) is 163 cm³/mol. The molecule has 0 radical (unpaired) electrons. The Hall–Kier alpha value is -3.89. The van der Waals surface area contributed by atoms with Gasteiger partial charge < -0.3 is 33.5 Å². The van der Waals surface area contributed by atoms with E-state index in [4.69, 9.17) is 28.4 Å². The van der Waals surface area contributed by atoms with Gasteiger partial charge in [0.2, 0.25) is 0 Å². The van der Waals surface area contributed by atoms with Gasteiger partial charge in [-0.2, -0.15) is 0 Å². The molecule has 1 aliphatic heterocycles. The smallest absolute Gasteiger partial charge is 0.329 e. The molecule has 5 atom stereocenters. The molecule has 1 heterocycles. The van der Waals surface area contributed by atoms with Gasteiger partial charge in [-0.25, -0.2) is 4.79 Å². The van der Waals surface area contributed by atoms with Crippen molar-refractivity contribution < 1.29 is 38.3 Å². The van der Waals surface area contributed by atoms with Crippen LogP contribution in [-0.4, -0.2) is 55.0 Å². The highest BCUT2D eigenvalue weighted by Crippen LogP contribution is 2.32. The summed E-state index contributed by atoms with van der Waals surface area (Å²) in [5.41, 5.74) is 3.93. The summed E-state index contributed by atoms with van der Waals surface area (Å²) >= 11 is 0. The fraction of sp³-hybridized carbons (Fsp3) is 0.306. The zero-order valence-electron chi connectivity index (χ0n) is 24.5. The normalized spacial score (nSPS) is 21.6. The van der Waals surface area contributed by atoms with Crippen LogP contribution in [0.2, 0.25) is 0 Å². The number of carboxylic acid groups (broad SMARTS) is 1. The lowest BCUT2D eigenvalue weighted by Crippen LogP contribution is -2.61. The van der Waals surface area contributed by atoms with E-state index in [-0.39, 0.29) is 19.8 Å². The summed E-state index contributed by atoms with van der Waals surface area (Å²) in [5.74, 6) is -1.07. The number of aliphatic carboxylic acids is 1. The first-order chi connectivity index (χ1) is 21.7. The topological polar surface area (TPSA) is 92.7 Å². The Bertz CT molecular complexity index is 1370. The van der Waals surface area contributed by atoms with Crippen LogP contribution in [0.5, 0.6) is 0 Å². The van der Waals surface area contributed by atoms with Gasteiger partial charge in [-0.15, -0.1) is 0 Å². The monoisotopic (exact) mass is 598 g/mol. The van der Waals surface area contributed by atoms with Crippen molar-refractivity contribution >= 4 is 5.97 Å². The number of ether oxygens (including phenoxy) is 6. The van der Waals surface area contributed by atoms with E-state index >= 15 is 0 Å². The number of rotatable bonds is 16. The first-order valence-corrected chi connectivity index (χ1v) is 14.7. The van der Waals surface area contributed by atoms with E-state index in [2.05, 4.69) is 0 Å². The molecular formula is C36H38O8. The first-order valence-electron chi connectivity index (χ1n) is 14.7. The lowest BCUT2D eigenvalue weighted by atomic mass is 9.97. The third-order valence-electron chi connectivity index (χ3n) is 7.21. The number of carboxylic acids is 1. The molecule has 0 amide bonds. The van der Waals surface area contributed by atoms with Crippen molar-refractivity contribution in [3.05, 3.63) is 144 Å². The third-order valence-corrected chi connectivity index (χ3v) is 7.21. The maximum Gasteiger partial charge on any atom is 0.329 e. The fourth-order valence-corrected chi connectivity index (χ4v) is 5.03. The van der Waals surface area contributed by atoms with Crippen LogP contribution >= 0.6 is 0 Å². The molecule has 0 saturated carbocycles. The van der Waals surface area contributed by atoms with E-state index < -0.39 is 43.3 Å². The molecule has 1 saturated heterocycles. The average Bonchev–Trinajstić information content (AvgIpc) is 3.07. The molecule has 0 spiro atoms. The minimum Gasteiger partial charge on any atom is -0.480 e. The summed E-state index contributed by atoms with van der Waals surface area (Å²) in [6.45, 7) is 0.668. The van der Waals surface area contributed by atoms with E-state index in [0.717, 1.165) is 22.3 Å². The molecule has 1 aliphatic rings. The number of benzene rings is 4. The summed E-state index contributed by atoms with van der Waals surface area (Å²) in [5, 5.41) is 9.24. The van der Waals surface area contributed by atoms with Gasteiger partial charge in [0.1, 0.15) is 31.0 Å². The van der Waals surface area contributed by atoms with Crippen LogP contribution in [-0.2, 0) is 59.6 Å². The van der Waals surface area contributed by atoms with Crippen molar-refractivity contribution in [3.8, 4) is 0 Å². The lowest BCUT2D eigenvalue weighted by Gasteiger charge is -2.45. The van der Waals surface area contributed by atoms with Gasteiger partial charge in [0, 0.05) is 0 Å². The van der Waals surface area contributed by atoms with Crippen LogP contribution in [0.4, 0.5) is 0 Å². The molecule has 1 unspecified atom stereocenters. The van der Waals surface area contributed by atoms with Crippen LogP contribution in [0.3, 0.4) is 0 Å². The van der Waals surface area contributed by atoms with E-state index in [9.17, 15) is 9.90 Å². The van der Waals surface area contributed by atoms with E-state index in [0.29, 0.717) is 13.2 Å². The maximum absolute atomic E-state index is 11.3. The lowest BCUT2D eigenvalue weighted by molar-refractivity contribution is -0.330. The number of hydrogen-bond donors (Lipinski definition) is 1. The zero-order valence-corrected chi connectivity index (χ0v) is 24.5. The summed E-state index contributed by atoms with van der Waals surface area (Å²) in [6.07, 6.45) is -3.54. The molecule has 4 aromatic rings. The van der Waals surface area contributed by atoms with E-state index in [1.807, 2.05) is 121 Å². The molecule has 8 nitrogen and oxygen atoms in total. The highest BCUT2D eigenvalue weighted by molar-refractivity contribution is 5.67. The third kappa shape index (κ3) is 9.56. The molecule has 1 fully saturated rings. The Balaban J connectivity index is 1.45. The Morgan fingerprint density at radius 1 is 0.545 bits per heavy atom. The molecule has 230 valence electrons. The van der Waals surface area contributed by atoms with Gasteiger partial charge in [0.05, 0.1) is 33.0 Å². The summed E-state index contributed by atoms with van der Waals surface area (Å²) < 4.78 is 38.1. The Kier molecular flexibility index (Phi) is 12.1. The van der Waals surface area contributed by atoms with Crippen LogP contribution < -0.4 is 0 Å². The second-order valence-electron chi connectivity index (χ2n) is 10.5. The molecular weight excluding hydrogens is 560 g/mol. The van der Waals surface area contributed by atoms with Gasteiger partial charge in [-0.3, -0.25) is 0 Å². The zero-order chi connectivity index (χ0) is 30.4. The second-order valence-corrected chi connectivity index (χ2v) is 10.5. The fourth-order valence-electron chi connectivity index (χ4n) is 5.03. The van der Waals surface area contributed by atoms with Crippen molar-refractivity contribution in [2.75, 3.05) is 13.2 Å². The molecule has 0 bridgehead atoms. The SMILES string of the molecule is O=C(O)COC[C@H]1OC(OCc2ccccc2)[C@H](OCc2ccccc2)[C@@H](OCc2ccccc2)[C@@H]1OCc1ccccc1. The molecule has 5 rings (SSSR count). The number of hydrogen-bond acceptors (Lipinski definition) is 7.